The number of carbonyl (C=O) groups is 1. The van der Waals surface area contributed by atoms with Gasteiger partial charge in [0.15, 0.2) is 0 Å². The first kappa shape index (κ1) is 9.30. The molecule has 1 unspecified atom stereocenters. The molecule has 1 atom stereocenters. The fourth-order valence-electron chi connectivity index (χ4n) is 0.535. The molecule has 0 aliphatic rings. The van der Waals surface area contributed by atoms with Crippen LogP contribution in [0.1, 0.15) is 19.8 Å². The maximum Gasteiger partial charge on any atom is 0.125 e. The van der Waals surface area contributed by atoms with E-state index < -0.39 is 11.9 Å². The number of hydrogen-bond acceptors (Lipinski definition) is 2. The molecule has 3 heteroatoms. The summed E-state index contributed by atoms with van der Waals surface area (Å²) in [5.74, 6) is -0.616. The van der Waals surface area contributed by atoms with Gasteiger partial charge in [0.25, 0.3) is 0 Å². The molecule has 0 saturated carbocycles. The molecule has 2 nitrogen and oxygen atoms in total. The first-order chi connectivity index (χ1) is 4.72. The third kappa shape index (κ3) is 3.35. The standard InChI is InChI=1S/C7H11FO2/c1-2-3-6(8)7(10)4-5-9/h3,5,7,10H,2,4H2,1H3/b6-3-. The van der Waals surface area contributed by atoms with E-state index in [-0.39, 0.29) is 6.42 Å². The highest BCUT2D eigenvalue weighted by atomic mass is 19.1. The Labute approximate surface area is 59.4 Å². The monoisotopic (exact) mass is 146 g/mol. The van der Waals surface area contributed by atoms with Crippen LogP contribution in [0.2, 0.25) is 0 Å². The van der Waals surface area contributed by atoms with E-state index in [0.29, 0.717) is 12.7 Å². The van der Waals surface area contributed by atoms with Crippen LogP contribution in [-0.2, 0) is 4.79 Å². The summed E-state index contributed by atoms with van der Waals surface area (Å²) in [5, 5.41) is 8.77. The fourth-order valence-corrected chi connectivity index (χ4v) is 0.535. The predicted molar refractivity (Wildman–Crippen MR) is 36.2 cm³/mol. The van der Waals surface area contributed by atoms with Gasteiger partial charge in [-0.3, -0.25) is 0 Å². The molecule has 0 fully saturated rings. The van der Waals surface area contributed by atoms with Crippen LogP contribution in [0.3, 0.4) is 0 Å². The van der Waals surface area contributed by atoms with E-state index in [1.165, 1.54) is 6.08 Å². The van der Waals surface area contributed by atoms with Gasteiger partial charge in [0.1, 0.15) is 18.2 Å². The summed E-state index contributed by atoms with van der Waals surface area (Å²) in [4.78, 5) is 9.77. The van der Waals surface area contributed by atoms with Gasteiger partial charge in [0.05, 0.1) is 0 Å². The van der Waals surface area contributed by atoms with Crippen molar-refractivity contribution in [2.24, 2.45) is 0 Å². The first-order valence-electron chi connectivity index (χ1n) is 3.19. The topological polar surface area (TPSA) is 37.3 Å². The minimum absolute atomic E-state index is 0.164. The molecule has 0 bridgehead atoms. The average Bonchev–Trinajstić information content (AvgIpc) is 1.89. The van der Waals surface area contributed by atoms with E-state index in [2.05, 4.69) is 0 Å². The molecule has 58 valence electrons. The number of rotatable bonds is 4. The van der Waals surface area contributed by atoms with Gasteiger partial charge in [-0.25, -0.2) is 4.39 Å². The number of allylic oxidation sites excluding steroid dienone is 1. The summed E-state index contributed by atoms with van der Waals surface area (Å²) in [6, 6.07) is 0. The Bertz CT molecular complexity index is 132. The van der Waals surface area contributed by atoms with Gasteiger partial charge in [0.2, 0.25) is 0 Å². The quantitative estimate of drug-likeness (QED) is 0.605. The predicted octanol–water partition coefficient (Wildman–Crippen LogP) is 1.20. The van der Waals surface area contributed by atoms with Crippen LogP contribution in [0, 0.1) is 0 Å². The summed E-state index contributed by atoms with van der Waals surface area (Å²) in [6.45, 7) is 1.76. The number of halogens is 1. The van der Waals surface area contributed by atoms with Crippen LogP contribution in [0.5, 0.6) is 0 Å². The van der Waals surface area contributed by atoms with Crippen molar-refractivity contribution in [3.63, 3.8) is 0 Å². The van der Waals surface area contributed by atoms with Crippen molar-refractivity contribution in [2.45, 2.75) is 25.9 Å². The second-order valence-corrected chi connectivity index (χ2v) is 1.92. The molecule has 0 aromatic carbocycles. The SMILES string of the molecule is CC/C=C(\F)C(O)CC=O. The van der Waals surface area contributed by atoms with Crippen molar-refractivity contribution in [1.29, 1.82) is 0 Å². The van der Waals surface area contributed by atoms with Crippen molar-refractivity contribution < 1.29 is 14.3 Å². The van der Waals surface area contributed by atoms with E-state index in [1.807, 2.05) is 0 Å². The number of carbonyl (C=O) groups excluding carboxylic acids is 1. The van der Waals surface area contributed by atoms with Gasteiger partial charge >= 0.3 is 0 Å². The van der Waals surface area contributed by atoms with Gasteiger partial charge in [-0.2, -0.15) is 0 Å². The average molecular weight is 146 g/mol. The molecule has 0 spiro atoms. The lowest BCUT2D eigenvalue weighted by Crippen LogP contribution is -2.07. The highest BCUT2D eigenvalue weighted by molar-refractivity contribution is 5.50. The smallest absolute Gasteiger partial charge is 0.125 e. The van der Waals surface area contributed by atoms with Gasteiger partial charge in [-0.05, 0) is 6.42 Å². The molecule has 1 N–H and O–H groups in total. The van der Waals surface area contributed by atoms with Crippen LogP contribution < -0.4 is 0 Å². The van der Waals surface area contributed by atoms with Gasteiger partial charge in [0, 0.05) is 6.42 Å². The Balaban J connectivity index is 3.79. The summed E-state index contributed by atoms with van der Waals surface area (Å²) >= 11 is 0. The Kier molecular flexibility index (Phi) is 4.76. The van der Waals surface area contributed by atoms with Gasteiger partial charge < -0.3 is 9.90 Å². The van der Waals surface area contributed by atoms with Gasteiger partial charge in [-0.1, -0.05) is 13.0 Å². The fraction of sp³-hybridized carbons (Fsp3) is 0.571. The zero-order valence-electron chi connectivity index (χ0n) is 5.88. The summed E-state index contributed by atoms with van der Waals surface area (Å²) in [7, 11) is 0. The molecular weight excluding hydrogens is 135 g/mol. The summed E-state index contributed by atoms with van der Waals surface area (Å²) < 4.78 is 12.4. The lowest BCUT2D eigenvalue weighted by atomic mass is 10.2. The Morgan fingerprint density at radius 1 is 1.80 bits per heavy atom. The second kappa shape index (κ2) is 5.11. The minimum atomic E-state index is -1.24. The first-order valence-corrected chi connectivity index (χ1v) is 3.19. The molecule has 0 radical (unpaired) electrons. The Morgan fingerprint density at radius 3 is 2.80 bits per heavy atom. The summed E-state index contributed by atoms with van der Waals surface area (Å²) in [5.41, 5.74) is 0. The van der Waals surface area contributed by atoms with E-state index in [4.69, 9.17) is 5.11 Å². The lowest BCUT2D eigenvalue weighted by molar-refractivity contribution is -0.109. The summed E-state index contributed by atoms with van der Waals surface area (Å²) in [6.07, 6.45) is 0.879. The number of hydrogen-bond donors (Lipinski definition) is 1. The molecule has 0 heterocycles. The van der Waals surface area contributed by atoms with E-state index in [0.717, 1.165) is 0 Å². The van der Waals surface area contributed by atoms with Crippen molar-refractivity contribution in [2.75, 3.05) is 0 Å². The van der Waals surface area contributed by atoms with Crippen molar-refractivity contribution in [3.8, 4) is 0 Å². The minimum Gasteiger partial charge on any atom is -0.386 e. The Hall–Kier alpha value is -0.700. The third-order valence-corrected chi connectivity index (χ3v) is 1.04. The van der Waals surface area contributed by atoms with Crippen LogP contribution in [0.4, 0.5) is 4.39 Å². The molecule has 0 aromatic rings. The van der Waals surface area contributed by atoms with Crippen LogP contribution in [0.25, 0.3) is 0 Å². The molecular formula is C7H11FO2. The zero-order chi connectivity index (χ0) is 7.98. The molecule has 0 aliphatic heterocycles. The van der Waals surface area contributed by atoms with Crippen molar-refractivity contribution in [3.05, 3.63) is 11.9 Å². The molecule has 10 heavy (non-hydrogen) atoms. The van der Waals surface area contributed by atoms with Crippen molar-refractivity contribution >= 4 is 6.29 Å². The van der Waals surface area contributed by atoms with Crippen LogP contribution in [0.15, 0.2) is 11.9 Å². The van der Waals surface area contributed by atoms with E-state index >= 15 is 0 Å². The number of aliphatic hydroxyl groups is 1. The maximum absolute atomic E-state index is 12.4. The second-order valence-electron chi connectivity index (χ2n) is 1.92. The largest absolute Gasteiger partial charge is 0.386 e. The van der Waals surface area contributed by atoms with E-state index in [9.17, 15) is 9.18 Å². The highest BCUT2D eigenvalue weighted by Gasteiger charge is 2.07. The van der Waals surface area contributed by atoms with Crippen LogP contribution in [-0.4, -0.2) is 17.5 Å². The highest BCUT2D eigenvalue weighted by Crippen LogP contribution is 2.06. The van der Waals surface area contributed by atoms with Gasteiger partial charge in [-0.15, -0.1) is 0 Å². The molecule has 0 amide bonds. The molecule has 0 aliphatic carbocycles. The van der Waals surface area contributed by atoms with Crippen molar-refractivity contribution in [1.82, 2.24) is 0 Å². The normalized spacial score (nSPS) is 14.9. The molecule has 0 saturated heterocycles. The van der Waals surface area contributed by atoms with Crippen LogP contribution >= 0.6 is 0 Å². The lowest BCUT2D eigenvalue weighted by Gasteiger charge is -2.01. The Morgan fingerprint density at radius 2 is 2.40 bits per heavy atom. The third-order valence-electron chi connectivity index (χ3n) is 1.04. The number of aldehydes is 1. The van der Waals surface area contributed by atoms with E-state index in [1.54, 1.807) is 6.92 Å². The molecule has 0 rings (SSSR count). The number of aliphatic hydroxyl groups excluding tert-OH is 1. The maximum atomic E-state index is 12.4. The molecule has 0 aromatic heterocycles. The zero-order valence-corrected chi connectivity index (χ0v) is 5.88.